The Morgan fingerprint density at radius 1 is 1.21 bits per heavy atom. The van der Waals surface area contributed by atoms with Gasteiger partial charge >= 0.3 is 0 Å². The Morgan fingerprint density at radius 3 is 2.58 bits per heavy atom. The molecule has 1 aromatic carbocycles. The number of hydrogen-bond donors (Lipinski definition) is 2. The lowest BCUT2D eigenvalue weighted by atomic mass is 10.1. The van der Waals surface area contributed by atoms with Crippen LogP contribution < -0.4 is 14.8 Å². The van der Waals surface area contributed by atoms with Crippen molar-refractivity contribution in [2.75, 3.05) is 46.9 Å². The van der Waals surface area contributed by atoms with E-state index in [2.05, 4.69) is 10.2 Å². The lowest BCUT2D eigenvalue weighted by Gasteiger charge is -2.27. The van der Waals surface area contributed by atoms with Crippen LogP contribution in [0.2, 0.25) is 0 Å². The minimum absolute atomic E-state index is 0.216. The summed E-state index contributed by atoms with van der Waals surface area (Å²) in [5, 5.41) is 13.1. The van der Waals surface area contributed by atoms with E-state index in [4.69, 9.17) is 9.47 Å². The number of benzene rings is 1. The largest absolute Gasteiger partial charge is 0.508 e. The topological polar surface area (TPSA) is 54.0 Å². The highest BCUT2D eigenvalue weighted by Crippen LogP contribution is 2.35. The van der Waals surface area contributed by atoms with Crippen LogP contribution in [-0.4, -0.2) is 56.9 Å². The number of rotatable bonds is 5. The Balaban J connectivity index is 2.07. The average Bonchev–Trinajstić information content (AvgIpc) is 2.45. The second-order valence-corrected chi connectivity index (χ2v) is 4.68. The maximum Gasteiger partial charge on any atom is 0.164 e. The molecule has 0 atom stereocenters. The molecule has 106 valence electrons. The number of piperazine rings is 1. The zero-order valence-electron chi connectivity index (χ0n) is 11.6. The molecule has 0 bridgehead atoms. The second kappa shape index (κ2) is 6.63. The highest BCUT2D eigenvalue weighted by Gasteiger charge is 2.14. The first-order valence-corrected chi connectivity index (χ1v) is 6.61. The van der Waals surface area contributed by atoms with Gasteiger partial charge in [-0.2, -0.15) is 0 Å². The van der Waals surface area contributed by atoms with Crippen LogP contribution in [0.25, 0.3) is 0 Å². The summed E-state index contributed by atoms with van der Waals surface area (Å²) in [4.78, 5) is 2.41. The maximum atomic E-state index is 9.72. The highest BCUT2D eigenvalue weighted by molar-refractivity contribution is 5.51. The van der Waals surface area contributed by atoms with Gasteiger partial charge in [-0.25, -0.2) is 0 Å². The van der Waals surface area contributed by atoms with Gasteiger partial charge in [-0.15, -0.1) is 0 Å². The van der Waals surface area contributed by atoms with E-state index < -0.39 is 0 Å². The number of hydrogen-bond acceptors (Lipinski definition) is 5. The van der Waals surface area contributed by atoms with E-state index in [0.717, 1.165) is 50.5 Å². The molecule has 0 spiro atoms. The van der Waals surface area contributed by atoms with E-state index in [1.54, 1.807) is 26.4 Å². The number of nitrogens with zero attached hydrogens (tertiary/aromatic N) is 1. The van der Waals surface area contributed by atoms with E-state index in [1.165, 1.54) is 0 Å². The molecule has 5 nitrogen and oxygen atoms in total. The van der Waals surface area contributed by atoms with Gasteiger partial charge in [0.05, 0.1) is 14.2 Å². The minimum atomic E-state index is 0.216. The Morgan fingerprint density at radius 2 is 1.95 bits per heavy atom. The molecule has 0 amide bonds. The van der Waals surface area contributed by atoms with Crippen molar-refractivity contribution in [1.82, 2.24) is 10.2 Å². The molecule has 1 aromatic rings. The molecule has 0 aliphatic carbocycles. The van der Waals surface area contributed by atoms with Gasteiger partial charge in [0.15, 0.2) is 11.5 Å². The van der Waals surface area contributed by atoms with Crippen LogP contribution in [0, 0.1) is 0 Å². The van der Waals surface area contributed by atoms with Crippen LogP contribution in [-0.2, 0) is 6.42 Å². The summed E-state index contributed by atoms with van der Waals surface area (Å²) in [7, 11) is 3.21. The normalized spacial score (nSPS) is 16.3. The molecular weight excluding hydrogens is 244 g/mol. The average molecular weight is 266 g/mol. The molecule has 0 unspecified atom stereocenters. The molecule has 1 fully saturated rings. The van der Waals surface area contributed by atoms with Crippen molar-refractivity contribution in [3.8, 4) is 17.2 Å². The van der Waals surface area contributed by atoms with E-state index in [0.29, 0.717) is 5.75 Å². The first-order chi connectivity index (χ1) is 9.24. The van der Waals surface area contributed by atoms with Gasteiger partial charge in [-0.1, -0.05) is 0 Å². The van der Waals surface area contributed by atoms with Crippen molar-refractivity contribution in [3.05, 3.63) is 17.7 Å². The lowest BCUT2D eigenvalue weighted by Crippen LogP contribution is -2.44. The van der Waals surface area contributed by atoms with Crippen molar-refractivity contribution in [2.24, 2.45) is 0 Å². The summed E-state index contributed by atoms with van der Waals surface area (Å²) in [6.07, 6.45) is 0.841. The first kappa shape index (κ1) is 14.0. The Hall–Kier alpha value is -1.46. The monoisotopic (exact) mass is 266 g/mol. The number of phenols is 1. The first-order valence-electron chi connectivity index (χ1n) is 6.61. The molecule has 2 rings (SSSR count). The molecule has 0 radical (unpaired) electrons. The predicted octanol–water partition coefficient (Wildman–Crippen LogP) is 0.857. The minimum Gasteiger partial charge on any atom is -0.508 e. The third kappa shape index (κ3) is 3.52. The van der Waals surface area contributed by atoms with Gasteiger partial charge in [0.25, 0.3) is 0 Å². The number of ether oxygens (including phenoxy) is 2. The summed E-state index contributed by atoms with van der Waals surface area (Å²) in [5.41, 5.74) is 0.984. The lowest BCUT2D eigenvalue weighted by molar-refractivity contribution is 0.242. The Labute approximate surface area is 114 Å². The van der Waals surface area contributed by atoms with Crippen LogP contribution in [0.4, 0.5) is 0 Å². The van der Waals surface area contributed by atoms with E-state index >= 15 is 0 Å². The van der Waals surface area contributed by atoms with Crippen molar-refractivity contribution in [3.63, 3.8) is 0 Å². The molecule has 0 saturated carbocycles. The van der Waals surface area contributed by atoms with Gasteiger partial charge in [-0.3, -0.25) is 0 Å². The standard InChI is InChI=1S/C14H22N2O3/c1-18-13-10-12(17)9-11(14(13)19-2)3-6-16-7-4-15-5-8-16/h9-10,15,17H,3-8H2,1-2H3. The van der Waals surface area contributed by atoms with Crippen molar-refractivity contribution >= 4 is 0 Å². The summed E-state index contributed by atoms with van der Waals surface area (Å²) >= 11 is 0. The molecule has 19 heavy (non-hydrogen) atoms. The smallest absolute Gasteiger partial charge is 0.164 e. The fourth-order valence-corrected chi connectivity index (χ4v) is 2.43. The van der Waals surface area contributed by atoms with E-state index in [-0.39, 0.29) is 5.75 Å². The van der Waals surface area contributed by atoms with Crippen LogP contribution in [0.5, 0.6) is 17.2 Å². The van der Waals surface area contributed by atoms with Gasteiger partial charge in [0.2, 0.25) is 0 Å². The molecule has 1 heterocycles. The summed E-state index contributed by atoms with van der Waals surface area (Å²) in [6.45, 7) is 5.18. The molecule has 2 N–H and O–H groups in total. The van der Waals surface area contributed by atoms with E-state index in [1.807, 2.05) is 0 Å². The van der Waals surface area contributed by atoms with Crippen molar-refractivity contribution < 1.29 is 14.6 Å². The molecular formula is C14H22N2O3. The third-order valence-electron chi connectivity index (χ3n) is 3.45. The molecule has 5 heteroatoms. The zero-order valence-corrected chi connectivity index (χ0v) is 11.6. The van der Waals surface area contributed by atoms with Gasteiger partial charge in [0.1, 0.15) is 5.75 Å². The van der Waals surface area contributed by atoms with Crippen LogP contribution >= 0.6 is 0 Å². The van der Waals surface area contributed by atoms with E-state index in [9.17, 15) is 5.11 Å². The number of methoxy groups -OCH3 is 2. The van der Waals surface area contributed by atoms with Crippen LogP contribution in [0.1, 0.15) is 5.56 Å². The molecule has 1 saturated heterocycles. The molecule has 1 aliphatic heterocycles. The summed E-state index contributed by atoms with van der Waals surface area (Å²) < 4.78 is 10.6. The number of nitrogens with one attached hydrogen (secondary N) is 1. The number of aromatic hydroxyl groups is 1. The Kier molecular flexibility index (Phi) is 4.87. The highest BCUT2D eigenvalue weighted by atomic mass is 16.5. The number of phenolic OH excluding ortho intramolecular Hbond substituents is 1. The van der Waals surface area contributed by atoms with Crippen LogP contribution in [0.15, 0.2) is 12.1 Å². The van der Waals surface area contributed by atoms with Crippen molar-refractivity contribution in [2.45, 2.75) is 6.42 Å². The van der Waals surface area contributed by atoms with Crippen LogP contribution in [0.3, 0.4) is 0 Å². The summed E-state index contributed by atoms with van der Waals surface area (Å²) in [6, 6.07) is 3.33. The Bertz CT molecular complexity index is 417. The molecule has 0 aromatic heterocycles. The fourth-order valence-electron chi connectivity index (χ4n) is 2.43. The second-order valence-electron chi connectivity index (χ2n) is 4.68. The molecule has 1 aliphatic rings. The van der Waals surface area contributed by atoms with Gasteiger partial charge in [0, 0.05) is 44.4 Å². The zero-order chi connectivity index (χ0) is 13.7. The van der Waals surface area contributed by atoms with Gasteiger partial charge < -0.3 is 24.8 Å². The summed E-state index contributed by atoms with van der Waals surface area (Å²) in [5.74, 6) is 1.52. The van der Waals surface area contributed by atoms with Gasteiger partial charge in [-0.05, 0) is 12.5 Å². The SMILES string of the molecule is COc1cc(O)cc(CCN2CCNCC2)c1OC. The third-order valence-corrected chi connectivity index (χ3v) is 3.45. The predicted molar refractivity (Wildman–Crippen MR) is 74.2 cm³/mol. The van der Waals surface area contributed by atoms with Crippen molar-refractivity contribution in [1.29, 1.82) is 0 Å². The maximum absolute atomic E-state index is 9.72. The quantitative estimate of drug-likeness (QED) is 0.828. The fraction of sp³-hybridized carbons (Fsp3) is 0.571.